The summed E-state index contributed by atoms with van der Waals surface area (Å²) in [6.45, 7) is 3.04. The van der Waals surface area contributed by atoms with Crippen molar-refractivity contribution in [1.29, 1.82) is 0 Å². The minimum Gasteiger partial charge on any atom is -0.377 e. The van der Waals surface area contributed by atoms with Crippen LogP contribution in [0.3, 0.4) is 0 Å². The van der Waals surface area contributed by atoms with Crippen molar-refractivity contribution in [2.45, 2.75) is 43.9 Å². The summed E-state index contributed by atoms with van der Waals surface area (Å²) in [5.41, 5.74) is 2.99. The minimum absolute atomic E-state index is 0.106. The Balaban J connectivity index is 1.70. The van der Waals surface area contributed by atoms with E-state index in [9.17, 15) is 0 Å². The second-order valence-electron chi connectivity index (χ2n) is 5.84. The summed E-state index contributed by atoms with van der Waals surface area (Å²) in [6.07, 6.45) is 4.85. The van der Waals surface area contributed by atoms with E-state index in [-0.39, 0.29) is 5.60 Å². The molecule has 0 aromatic heterocycles. The Morgan fingerprint density at radius 2 is 2.21 bits per heavy atom. The van der Waals surface area contributed by atoms with Crippen LogP contribution in [0.5, 0.6) is 0 Å². The van der Waals surface area contributed by atoms with Crippen molar-refractivity contribution in [2.24, 2.45) is 0 Å². The zero-order chi connectivity index (χ0) is 13.1. The molecule has 0 radical (unpaired) electrons. The molecule has 2 aliphatic rings. The molecule has 0 saturated heterocycles. The second kappa shape index (κ2) is 5.61. The van der Waals surface area contributed by atoms with Crippen molar-refractivity contribution in [3.63, 3.8) is 0 Å². The number of rotatable bonds is 4. The third kappa shape index (κ3) is 2.69. The van der Waals surface area contributed by atoms with Gasteiger partial charge in [-0.25, -0.2) is 0 Å². The van der Waals surface area contributed by atoms with E-state index >= 15 is 0 Å². The summed E-state index contributed by atoms with van der Waals surface area (Å²) in [4.78, 5) is 0. The molecule has 1 heterocycles. The van der Waals surface area contributed by atoms with Gasteiger partial charge < -0.3 is 15.4 Å². The van der Waals surface area contributed by atoms with E-state index in [1.165, 1.54) is 30.4 Å². The lowest BCUT2D eigenvalue weighted by atomic mass is 9.79. The minimum atomic E-state index is 0.106. The zero-order valence-electron chi connectivity index (χ0n) is 11.7. The molecule has 0 amide bonds. The lowest BCUT2D eigenvalue weighted by Crippen LogP contribution is -2.48. The Hall–Kier alpha value is -0.900. The van der Waals surface area contributed by atoms with Crippen LogP contribution in [0, 0.1) is 0 Å². The van der Waals surface area contributed by atoms with Gasteiger partial charge in [0.2, 0.25) is 0 Å². The topological polar surface area (TPSA) is 33.3 Å². The van der Waals surface area contributed by atoms with Crippen LogP contribution in [-0.4, -0.2) is 25.8 Å². The average Bonchev–Trinajstić information content (AvgIpc) is 2.61. The molecule has 2 N–H and O–H groups in total. The molecule has 104 valence electrons. The van der Waals surface area contributed by atoms with Gasteiger partial charge in [-0.2, -0.15) is 0 Å². The fourth-order valence-corrected chi connectivity index (χ4v) is 3.21. The third-order valence-electron chi connectivity index (χ3n) is 4.72. The van der Waals surface area contributed by atoms with Gasteiger partial charge in [-0.05, 0) is 43.4 Å². The summed E-state index contributed by atoms with van der Waals surface area (Å²) >= 11 is 0. The van der Waals surface area contributed by atoms with Crippen molar-refractivity contribution in [2.75, 3.05) is 20.2 Å². The number of nitrogens with one attached hydrogen (secondary N) is 2. The highest BCUT2D eigenvalue weighted by atomic mass is 16.5. The maximum Gasteiger partial charge on any atom is 0.0802 e. The van der Waals surface area contributed by atoms with Crippen molar-refractivity contribution >= 4 is 0 Å². The molecular weight excluding hydrogens is 236 g/mol. The van der Waals surface area contributed by atoms with Gasteiger partial charge >= 0.3 is 0 Å². The standard InChI is InChI=1S/C16H24N2O/c1-19-16(8-4-9-16)12-18-15-7-10-17-11-13-5-2-3-6-14(13)15/h2-3,5-6,15,17-18H,4,7-12H2,1H3. The first-order valence-electron chi connectivity index (χ1n) is 7.40. The number of hydrogen-bond donors (Lipinski definition) is 2. The smallest absolute Gasteiger partial charge is 0.0802 e. The van der Waals surface area contributed by atoms with Crippen LogP contribution in [-0.2, 0) is 11.3 Å². The van der Waals surface area contributed by atoms with E-state index in [1.807, 2.05) is 7.11 Å². The molecule has 1 aromatic carbocycles. The highest BCUT2D eigenvalue weighted by molar-refractivity contribution is 5.31. The van der Waals surface area contributed by atoms with E-state index in [2.05, 4.69) is 34.9 Å². The summed E-state index contributed by atoms with van der Waals surface area (Å²) in [5.74, 6) is 0. The maximum atomic E-state index is 5.71. The molecule has 0 spiro atoms. The summed E-state index contributed by atoms with van der Waals surface area (Å²) < 4.78 is 5.71. The van der Waals surface area contributed by atoms with Gasteiger partial charge in [0.15, 0.2) is 0 Å². The first-order chi connectivity index (χ1) is 9.33. The quantitative estimate of drug-likeness (QED) is 0.872. The van der Waals surface area contributed by atoms with Crippen molar-refractivity contribution in [3.8, 4) is 0 Å². The van der Waals surface area contributed by atoms with Crippen LogP contribution in [0.15, 0.2) is 24.3 Å². The molecule has 3 nitrogen and oxygen atoms in total. The molecule has 19 heavy (non-hydrogen) atoms. The van der Waals surface area contributed by atoms with E-state index in [0.29, 0.717) is 6.04 Å². The van der Waals surface area contributed by atoms with Crippen molar-refractivity contribution in [3.05, 3.63) is 35.4 Å². The fourth-order valence-electron chi connectivity index (χ4n) is 3.21. The Labute approximate surface area is 115 Å². The molecule has 1 aromatic rings. The Kier molecular flexibility index (Phi) is 3.87. The molecule has 1 unspecified atom stereocenters. The number of ether oxygens (including phenoxy) is 1. The van der Waals surface area contributed by atoms with Crippen molar-refractivity contribution < 1.29 is 4.74 Å². The predicted molar refractivity (Wildman–Crippen MR) is 77.1 cm³/mol. The van der Waals surface area contributed by atoms with Crippen LogP contribution in [0.4, 0.5) is 0 Å². The maximum absolute atomic E-state index is 5.71. The van der Waals surface area contributed by atoms with Crippen LogP contribution < -0.4 is 10.6 Å². The number of hydrogen-bond acceptors (Lipinski definition) is 3. The SMILES string of the molecule is COC1(CNC2CCNCc3ccccc32)CCC1. The monoisotopic (exact) mass is 260 g/mol. The molecule has 3 rings (SSSR count). The summed E-state index contributed by atoms with van der Waals surface area (Å²) in [7, 11) is 1.85. The lowest BCUT2D eigenvalue weighted by molar-refractivity contribution is -0.0710. The van der Waals surface area contributed by atoms with E-state index in [4.69, 9.17) is 4.74 Å². The molecular formula is C16H24N2O. The zero-order valence-corrected chi connectivity index (χ0v) is 11.7. The Bertz CT molecular complexity index is 423. The number of benzene rings is 1. The predicted octanol–water partition coefficient (Wildman–Crippen LogP) is 2.38. The van der Waals surface area contributed by atoms with Gasteiger partial charge in [0.25, 0.3) is 0 Å². The Morgan fingerprint density at radius 3 is 2.95 bits per heavy atom. The highest BCUT2D eigenvalue weighted by Crippen LogP contribution is 2.35. The average molecular weight is 260 g/mol. The highest BCUT2D eigenvalue weighted by Gasteiger charge is 2.37. The van der Waals surface area contributed by atoms with Gasteiger partial charge in [-0.1, -0.05) is 24.3 Å². The third-order valence-corrected chi connectivity index (χ3v) is 4.72. The summed E-state index contributed by atoms with van der Waals surface area (Å²) in [6, 6.07) is 9.23. The first-order valence-corrected chi connectivity index (χ1v) is 7.40. The van der Waals surface area contributed by atoms with Gasteiger partial charge in [0.1, 0.15) is 0 Å². The largest absolute Gasteiger partial charge is 0.377 e. The normalized spacial score (nSPS) is 25.2. The van der Waals surface area contributed by atoms with Crippen molar-refractivity contribution in [1.82, 2.24) is 10.6 Å². The lowest BCUT2D eigenvalue weighted by Gasteiger charge is -2.41. The molecule has 0 bridgehead atoms. The van der Waals surface area contributed by atoms with E-state index < -0.39 is 0 Å². The van der Waals surface area contributed by atoms with E-state index in [1.54, 1.807) is 0 Å². The van der Waals surface area contributed by atoms with Gasteiger partial charge in [-0.3, -0.25) is 0 Å². The van der Waals surface area contributed by atoms with Crippen LogP contribution in [0.25, 0.3) is 0 Å². The fraction of sp³-hybridized carbons (Fsp3) is 0.625. The molecule has 3 heteroatoms. The van der Waals surface area contributed by atoms with Crippen LogP contribution in [0.1, 0.15) is 42.9 Å². The van der Waals surface area contributed by atoms with Gasteiger partial charge in [0, 0.05) is 26.2 Å². The summed E-state index contributed by atoms with van der Waals surface area (Å²) in [5, 5.41) is 7.25. The second-order valence-corrected chi connectivity index (χ2v) is 5.84. The number of fused-ring (bicyclic) bond motifs is 1. The number of methoxy groups -OCH3 is 1. The molecule has 1 fully saturated rings. The Morgan fingerprint density at radius 1 is 1.37 bits per heavy atom. The van der Waals surface area contributed by atoms with Crippen LogP contribution in [0.2, 0.25) is 0 Å². The molecule has 1 aliphatic heterocycles. The molecule has 1 aliphatic carbocycles. The molecule has 1 saturated carbocycles. The first kappa shape index (κ1) is 13.1. The van der Waals surface area contributed by atoms with Gasteiger partial charge in [0.05, 0.1) is 5.60 Å². The van der Waals surface area contributed by atoms with Crippen LogP contribution >= 0.6 is 0 Å². The van der Waals surface area contributed by atoms with E-state index in [0.717, 1.165) is 26.1 Å². The molecule has 1 atom stereocenters. The van der Waals surface area contributed by atoms with Gasteiger partial charge in [-0.15, -0.1) is 0 Å².